The second-order valence-corrected chi connectivity index (χ2v) is 4.29. The van der Waals surface area contributed by atoms with Gasteiger partial charge in [-0.1, -0.05) is 18.2 Å². The molecule has 3 heteroatoms. The summed E-state index contributed by atoms with van der Waals surface area (Å²) in [5.74, 6) is 0.145. The molecule has 17 heavy (non-hydrogen) atoms. The molecule has 0 radical (unpaired) electrons. The van der Waals surface area contributed by atoms with E-state index in [1.165, 1.54) is 0 Å². The van der Waals surface area contributed by atoms with E-state index < -0.39 is 0 Å². The summed E-state index contributed by atoms with van der Waals surface area (Å²) in [6.07, 6.45) is 4.36. The Morgan fingerprint density at radius 3 is 3.06 bits per heavy atom. The number of ketones is 1. The first-order valence-corrected chi connectivity index (χ1v) is 5.94. The van der Waals surface area contributed by atoms with E-state index in [4.69, 9.17) is 0 Å². The molecule has 1 aliphatic carbocycles. The highest BCUT2D eigenvalue weighted by Gasteiger charge is 2.34. The summed E-state index contributed by atoms with van der Waals surface area (Å²) in [6.45, 7) is 2.89. The van der Waals surface area contributed by atoms with Crippen LogP contribution in [0.15, 0.2) is 41.4 Å². The summed E-state index contributed by atoms with van der Waals surface area (Å²) in [4.78, 5) is 18.8. The maximum Gasteiger partial charge on any atom is 0.183 e. The SMILES string of the molecule is CCN1c2ccccc2N=C2CC=CC(=O)C21. The Hall–Kier alpha value is -1.90. The molecule has 1 aromatic rings. The molecule has 0 N–H and O–H groups in total. The maximum absolute atomic E-state index is 12.0. The average molecular weight is 226 g/mol. The lowest BCUT2D eigenvalue weighted by Gasteiger charge is -2.37. The first-order valence-electron chi connectivity index (χ1n) is 5.94. The zero-order chi connectivity index (χ0) is 11.8. The van der Waals surface area contributed by atoms with E-state index >= 15 is 0 Å². The van der Waals surface area contributed by atoms with E-state index in [2.05, 4.69) is 16.8 Å². The minimum Gasteiger partial charge on any atom is -0.355 e. The van der Waals surface area contributed by atoms with Crippen LogP contribution in [-0.4, -0.2) is 24.1 Å². The quantitative estimate of drug-likeness (QED) is 0.737. The Morgan fingerprint density at radius 1 is 1.41 bits per heavy atom. The molecule has 3 rings (SSSR count). The van der Waals surface area contributed by atoms with Crippen LogP contribution in [0.1, 0.15) is 13.3 Å². The maximum atomic E-state index is 12.0. The summed E-state index contributed by atoms with van der Waals surface area (Å²) in [6, 6.07) is 7.83. The smallest absolute Gasteiger partial charge is 0.183 e. The van der Waals surface area contributed by atoms with Gasteiger partial charge in [-0.3, -0.25) is 9.79 Å². The molecule has 3 nitrogen and oxygen atoms in total. The van der Waals surface area contributed by atoms with Gasteiger partial charge < -0.3 is 4.90 Å². The van der Waals surface area contributed by atoms with E-state index in [0.717, 1.165) is 30.1 Å². The van der Waals surface area contributed by atoms with Crippen LogP contribution in [0.4, 0.5) is 11.4 Å². The molecule has 0 bridgehead atoms. The van der Waals surface area contributed by atoms with Crippen LogP contribution < -0.4 is 4.90 Å². The van der Waals surface area contributed by atoms with Crippen LogP contribution in [0.2, 0.25) is 0 Å². The number of para-hydroxylation sites is 2. The molecular formula is C14H14N2O. The van der Waals surface area contributed by atoms with Gasteiger partial charge in [0.2, 0.25) is 0 Å². The number of benzene rings is 1. The van der Waals surface area contributed by atoms with E-state index in [-0.39, 0.29) is 11.8 Å². The fraction of sp³-hybridized carbons (Fsp3) is 0.286. The Balaban J connectivity index is 2.17. The topological polar surface area (TPSA) is 32.7 Å². The number of anilines is 1. The fourth-order valence-corrected chi connectivity index (χ4v) is 2.55. The highest BCUT2D eigenvalue weighted by atomic mass is 16.1. The predicted molar refractivity (Wildman–Crippen MR) is 69.1 cm³/mol. The van der Waals surface area contributed by atoms with E-state index in [1.807, 2.05) is 30.3 Å². The van der Waals surface area contributed by atoms with Crippen molar-refractivity contribution in [3.63, 3.8) is 0 Å². The van der Waals surface area contributed by atoms with Crippen LogP contribution in [0.3, 0.4) is 0 Å². The zero-order valence-corrected chi connectivity index (χ0v) is 9.76. The van der Waals surface area contributed by atoms with Crippen LogP contribution >= 0.6 is 0 Å². The summed E-state index contributed by atoms with van der Waals surface area (Å²) in [5, 5.41) is 0. The molecule has 1 aliphatic heterocycles. The Kier molecular flexibility index (Phi) is 2.32. The normalized spacial score (nSPS) is 21.9. The van der Waals surface area contributed by atoms with Gasteiger partial charge in [0.25, 0.3) is 0 Å². The van der Waals surface area contributed by atoms with Crippen molar-refractivity contribution >= 4 is 22.9 Å². The van der Waals surface area contributed by atoms with Crippen LogP contribution in [-0.2, 0) is 4.79 Å². The van der Waals surface area contributed by atoms with Gasteiger partial charge in [-0.15, -0.1) is 0 Å². The van der Waals surface area contributed by atoms with Gasteiger partial charge in [-0.05, 0) is 25.1 Å². The third-order valence-electron chi connectivity index (χ3n) is 3.30. The Bertz CT molecular complexity index is 531. The summed E-state index contributed by atoms with van der Waals surface area (Å²) < 4.78 is 0. The molecule has 2 aliphatic rings. The molecule has 1 atom stereocenters. The number of hydrogen-bond acceptors (Lipinski definition) is 3. The number of fused-ring (bicyclic) bond motifs is 2. The predicted octanol–water partition coefficient (Wildman–Crippen LogP) is 2.50. The number of aliphatic imine (C=N–C) groups is 1. The van der Waals surface area contributed by atoms with Crippen molar-refractivity contribution in [2.75, 3.05) is 11.4 Å². The first-order chi connectivity index (χ1) is 8.31. The lowest BCUT2D eigenvalue weighted by Crippen LogP contribution is -2.49. The lowest BCUT2D eigenvalue weighted by molar-refractivity contribution is -0.114. The average Bonchev–Trinajstić information content (AvgIpc) is 2.36. The van der Waals surface area contributed by atoms with Gasteiger partial charge in [0, 0.05) is 13.0 Å². The molecular weight excluding hydrogens is 212 g/mol. The Morgan fingerprint density at radius 2 is 2.24 bits per heavy atom. The standard InChI is InChI=1S/C14H14N2O/c1-2-16-12-8-4-3-6-10(12)15-11-7-5-9-13(17)14(11)16/h3-6,8-9,14H,2,7H2,1H3. The second kappa shape index (κ2) is 3.84. The van der Waals surface area contributed by atoms with Crippen LogP contribution in [0.5, 0.6) is 0 Å². The molecule has 0 spiro atoms. The Labute approximate surface area is 100 Å². The minimum absolute atomic E-state index is 0.145. The molecule has 0 aromatic heterocycles. The first kappa shape index (κ1) is 10.3. The highest BCUT2D eigenvalue weighted by Crippen LogP contribution is 2.36. The van der Waals surface area contributed by atoms with Gasteiger partial charge in [0.15, 0.2) is 5.78 Å². The number of hydrogen-bond donors (Lipinski definition) is 0. The van der Waals surface area contributed by atoms with Gasteiger partial charge in [-0.25, -0.2) is 0 Å². The second-order valence-electron chi connectivity index (χ2n) is 4.29. The van der Waals surface area contributed by atoms with Crippen molar-refractivity contribution in [1.82, 2.24) is 0 Å². The van der Waals surface area contributed by atoms with Crippen molar-refractivity contribution in [3.8, 4) is 0 Å². The van der Waals surface area contributed by atoms with Crippen molar-refractivity contribution < 1.29 is 4.79 Å². The van der Waals surface area contributed by atoms with E-state index in [0.29, 0.717) is 0 Å². The van der Waals surface area contributed by atoms with Crippen molar-refractivity contribution in [1.29, 1.82) is 0 Å². The van der Waals surface area contributed by atoms with Crippen molar-refractivity contribution in [2.24, 2.45) is 4.99 Å². The molecule has 86 valence electrons. The van der Waals surface area contributed by atoms with Gasteiger partial charge in [0.05, 0.1) is 17.1 Å². The monoisotopic (exact) mass is 226 g/mol. The summed E-state index contributed by atoms with van der Waals surface area (Å²) in [7, 11) is 0. The minimum atomic E-state index is -0.181. The molecule has 0 saturated carbocycles. The van der Waals surface area contributed by atoms with Gasteiger partial charge in [-0.2, -0.15) is 0 Å². The van der Waals surface area contributed by atoms with Crippen LogP contribution in [0, 0.1) is 0 Å². The summed E-state index contributed by atoms with van der Waals surface area (Å²) in [5.41, 5.74) is 3.01. The largest absolute Gasteiger partial charge is 0.355 e. The molecule has 1 unspecified atom stereocenters. The van der Waals surface area contributed by atoms with Gasteiger partial charge >= 0.3 is 0 Å². The number of allylic oxidation sites excluding steroid dienone is 1. The van der Waals surface area contributed by atoms with Crippen molar-refractivity contribution in [3.05, 3.63) is 36.4 Å². The lowest BCUT2D eigenvalue weighted by atomic mass is 9.93. The van der Waals surface area contributed by atoms with E-state index in [9.17, 15) is 4.79 Å². The molecule has 0 saturated heterocycles. The number of carbonyl (C=O) groups is 1. The summed E-state index contributed by atoms with van der Waals surface area (Å²) >= 11 is 0. The number of rotatable bonds is 1. The number of carbonyl (C=O) groups excluding carboxylic acids is 1. The van der Waals surface area contributed by atoms with E-state index in [1.54, 1.807) is 6.08 Å². The zero-order valence-electron chi connectivity index (χ0n) is 9.76. The molecule has 0 fully saturated rings. The van der Waals surface area contributed by atoms with Crippen molar-refractivity contribution in [2.45, 2.75) is 19.4 Å². The molecule has 1 aromatic carbocycles. The highest BCUT2D eigenvalue weighted by molar-refractivity contribution is 6.20. The third kappa shape index (κ3) is 1.50. The fourth-order valence-electron chi connectivity index (χ4n) is 2.55. The molecule has 1 heterocycles. The van der Waals surface area contributed by atoms with Crippen LogP contribution in [0.25, 0.3) is 0 Å². The third-order valence-corrected chi connectivity index (χ3v) is 3.30. The van der Waals surface area contributed by atoms with Gasteiger partial charge in [0.1, 0.15) is 6.04 Å². The number of likely N-dealkylation sites (N-methyl/N-ethyl adjacent to an activating group) is 1. The number of nitrogens with zero attached hydrogens (tertiary/aromatic N) is 2. The molecule has 0 amide bonds.